The number of hydrogen-bond acceptors (Lipinski definition) is 3. The summed E-state index contributed by atoms with van der Waals surface area (Å²) < 4.78 is 2.02. The van der Waals surface area contributed by atoms with E-state index in [1.165, 1.54) is 32.1 Å². The van der Waals surface area contributed by atoms with Crippen molar-refractivity contribution in [1.29, 1.82) is 0 Å². The van der Waals surface area contributed by atoms with Crippen molar-refractivity contribution in [3.05, 3.63) is 11.6 Å². The van der Waals surface area contributed by atoms with Crippen molar-refractivity contribution < 1.29 is 0 Å². The van der Waals surface area contributed by atoms with Crippen LogP contribution in [0.2, 0.25) is 0 Å². The molecule has 1 N–H and O–H groups in total. The lowest BCUT2D eigenvalue weighted by molar-refractivity contribution is 0.276. The van der Waals surface area contributed by atoms with Crippen LogP contribution >= 0.6 is 24.0 Å². The summed E-state index contributed by atoms with van der Waals surface area (Å²) in [5.74, 6) is 2.93. The number of aromatic nitrogens is 3. The fourth-order valence-electron chi connectivity index (χ4n) is 3.32. The van der Waals surface area contributed by atoms with Gasteiger partial charge in [-0.05, 0) is 44.4 Å². The van der Waals surface area contributed by atoms with Crippen LogP contribution in [0.15, 0.2) is 4.99 Å². The first kappa shape index (κ1) is 19.5. The monoisotopic (exact) mass is 446 g/mol. The number of nitrogens with one attached hydrogen (secondary N) is 1. The summed E-state index contributed by atoms with van der Waals surface area (Å²) in [6.45, 7) is 9.43. The Bertz CT molecular complexity index is 574. The van der Waals surface area contributed by atoms with Crippen LogP contribution in [0, 0.1) is 12.3 Å². The minimum absolute atomic E-state index is 0. The molecule has 0 atom stereocenters. The maximum absolute atomic E-state index is 4.87. The van der Waals surface area contributed by atoms with Crippen LogP contribution in [0.25, 0.3) is 0 Å². The fourth-order valence-corrected chi connectivity index (χ4v) is 3.32. The van der Waals surface area contributed by atoms with Crippen molar-refractivity contribution in [2.45, 2.75) is 65.5 Å². The van der Waals surface area contributed by atoms with E-state index in [1.54, 1.807) is 0 Å². The first-order chi connectivity index (χ1) is 11.1. The second-order valence-electron chi connectivity index (χ2n) is 7.16. The number of likely N-dealkylation sites (tertiary alicyclic amines) is 1. The molecule has 2 heterocycles. The molecule has 24 heavy (non-hydrogen) atoms. The Balaban J connectivity index is 0.00000208. The van der Waals surface area contributed by atoms with Gasteiger partial charge in [0.2, 0.25) is 0 Å². The number of aliphatic imine (C=N–C) groups is 1. The standard InChI is InChI=1S/C17H30N6.HI/c1-5-17(6-2)9-10-23(12-17)16(19-14-7-8-14)18-11-15-21-20-13(3)22(15)4;/h14H,5-12H2,1-4H3,(H,18,19);1H. The highest BCUT2D eigenvalue weighted by molar-refractivity contribution is 14.0. The van der Waals surface area contributed by atoms with Gasteiger partial charge < -0.3 is 14.8 Å². The lowest BCUT2D eigenvalue weighted by Crippen LogP contribution is -2.42. The molecule has 1 aromatic heterocycles. The van der Waals surface area contributed by atoms with Crippen LogP contribution in [0.3, 0.4) is 0 Å². The summed E-state index contributed by atoms with van der Waals surface area (Å²) in [6, 6.07) is 0.619. The van der Waals surface area contributed by atoms with Crippen LogP contribution in [-0.4, -0.2) is 44.8 Å². The molecule has 0 amide bonds. The maximum atomic E-state index is 4.87. The molecule has 1 saturated heterocycles. The molecule has 3 rings (SSSR count). The number of rotatable bonds is 5. The Morgan fingerprint density at radius 1 is 1.29 bits per heavy atom. The fraction of sp³-hybridized carbons (Fsp3) is 0.824. The maximum Gasteiger partial charge on any atom is 0.194 e. The van der Waals surface area contributed by atoms with Crippen molar-refractivity contribution in [2.24, 2.45) is 17.5 Å². The van der Waals surface area contributed by atoms with Gasteiger partial charge in [-0.15, -0.1) is 34.2 Å². The van der Waals surface area contributed by atoms with Gasteiger partial charge in [0.25, 0.3) is 0 Å². The molecule has 0 spiro atoms. The number of halogens is 1. The second-order valence-corrected chi connectivity index (χ2v) is 7.16. The molecule has 0 aromatic carbocycles. The van der Waals surface area contributed by atoms with E-state index < -0.39 is 0 Å². The molecule has 2 aliphatic rings. The molecule has 6 nitrogen and oxygen atoms in total. The molecule has 7 heteroatoms. The summed E-state index contributed by atoms with van der Waals surface area (Å²) in [5.41, 5.74) is 0.466. The number of hydrogen-bond donors (Lipinski definition) is 1. The van der Waals surface area contributed by atoms with Gasteiger partial charge in [-0.2, -0.15) is 0 Å². The molecule has 0 radical (unpaired) electrons. The predicted molar refractivity (Wildman–Crippen MR) is 108 cm³/mol. The molecular weight excluding hydrogens is 415 g/mol. The zero-order valence-electron chi connectivity index (χ0n) is 15.4. The molecule has 1 aliphatic carbocycles. The average Bonchev–Trinajstić information content (AvgIpc) is 3.19. The molecule has 2 fully saturated rings. The minimum Gasteiger partial charge on any atom is -0.353 e. The first-order valence-corrected chi connectivity index (χ1v) is 8.97. The first-order valence-electron chi connectivity index (χ1n) is 8.97. The van der Waals surface area contributed by atoms with E-state index in [9.17, 15) is 0 Å². The minimum atomic E-state index is 0. The van der Waals surface area contributed by atoms with Gasteiger partial charge in [0.05, 0.1) is 0 Å². The van der Waals surface area contributed by atoms with Gasteiger partial charge >= 0.3 is 0 Å². The molecule has 1 aromatic rings. The second kappa shape index (κ2) is 8.01. The Morgan fingerprint density at radius 3 is 2.50 bits per heavy atom. The third-order valence-electron chi connectivity index (χ3n) is 5.70. The van der Waals surface area contributed by atoms with Crippen molar-refractivity contribution in [2.75, 3.05) is 13.1 Å². The van der Waals surface area contributed by atoms with Crippen LogP contribution in [-0.2, 0) is 13.6 Å². The van der Waals surface area contributed by atoms with Crippen LogP contribution in [0.5, 0.6) is 0 Å². The lowest BCUT2D eigenvalue weighted by Gasteiger charge is -2.28. The number of nitrogens with zero attached hydrogens (tertiary/aromatic N) is 5. The molecule has 0 unspecified atom stereocenters. The Labute approximate surface area is 162 Å². The van der Waals surface area contributed by atoms with Gasteiger partial charge in [0.1, 0.15) is 12.4 Å². The van der Waals surface area contributed by atoms with Gasteiger partial charge in [-0.1, -0.05) is 13.8 Å². The van der Waals surface area contributed by atoms with E-state index in [-0.39, 0.29) is 24.0 Å². The highest BCUT2D eigenvalue weighted by Crippen LogP contribution is 2.37. The molecule has 136 valence electrons. The number of aryl methyl sites for hydroxylation is 1. The highest BCUT2D eigenvalue weighted by Gasteiger charge is 2.37. The quantitative estimate of drug-likeness (QED) is 0.430. The largest absolute Gasteiger partial charge is 0.353 e. The molecule has 0 bridgehead atoms. The van der Waals surface area contributed by atoms with Crippen LogP contribution in [0.4, 0.5) is 0 Å². The predicted octanol–water partition coefficient (Wildman–Crippen LogP) is 2.86. The highest BCUT2D eigenvalue weighted by atomic mass is 127. The summed E-state index contributed by atoms with van der Waals surface area (Å²) in [4.78, 5) is 7.33. The lowest BCUT2D eigenvalue weighted by atomic mass is 9.82. The van der Waals surface area contributed by atoms with Crippen molar-refractivity contribution in [3.8, 4) is 0 Å². The summed E-state index contributed by atoms with van der Waals surface area (Å²) >= 11 is 0. The Kier molecular flexibility index (Phi) is 6.50. The zero-order chi connectivity index (χ0) is 16.4. The summed E-state index contributed by atoms with van der Waals surface area (Å²) in [6.07, 6.45) is 6.30. The van der Waals surface area contributed by atoms with Crippen molar-refractivity contribution in [1.82, 2.24) is 25.0 Å². The molecular formula is C17H31IN6. The van der Waals surface area contributed by atoms with E-state index in [1.807, 2.05) is 18.5 Å². The average molecular weight is 446 g/mol. The van der Waals surface area contributed by atoms with Gasteiger partial charge in [-0.3, -0.25) is 0 Å². The smallest absolute Gasteiger partial charge is 0.194 e. The van der Waals surface area contributed by atoms with E-state index in [0.29, 0.717) is 18.0 Å². The van der Waals surface area contributed by atoms with Crippen LogP contribution < -0.4 is 5.32 Å². The topological polar surface area (TPSA) is 58.3 Å². The van der Waals surface area contributed by atoms with E-state index in [2.05, 4.69) is 34.3 Å². The Morgan fingerprint density at radius 2 is 2.00 bits per heavy atom. The van der Waals surface area contributed by atoms with Gasteiger partial charge in [0.15, 0.2) is 11.8 Å². The van der Waals surface area contributed by atoms with Gasteiger partial charge in [-0.25, -0.2) is 4.99 Å². The van der Waals surface area contributed by atoms with E-state index in [0.717, 1.165) is 30.7 Å². The normalized spacial score (nSPS) is 20.2. The van der Waals surface area contributed by atoms with Crippen molar-refractivity contribution in [3.63, 3.8) is 0 Å². The SMILES string of the molecule is CCC1(CC)CCN(C(=NCc2nnc(C)n2C)NC2CC2)C1.I. The third kappa shape index (κ3) is 4.21. The Hall–Kier alpha value is -0.860. The zero-order valence-corrected chi connectivity index (χ0v) is 17.7. The van der Waals surface area contributed by atoms with Crippen LogP contribution in [0.1, 0.15) is 57.6 Å². The summed E-state index contributed by atoms with van der Waals surface area (Å²) in [7, 11) is 2.00. The van der Waals surface area contributed by atoms with E-state index >= 15 is 0 Å². The third-order valence-corrected chi connectivity index (χ3v) is 5.70. The van der Waals surface area contributed by atoms with Gasteiger partial charge in [0, 0.05) is 26.2 Å². The van der Waals surface area contributed by atoms with Crippen molar-refractivity contribution >= 4 is 29.9 Å². The summed E-state index contributed by atoms with van der Waals surface area (Å²) in [5, 5.41) is 12.0. The van der Waals surface area contributed by atoms with E-state index in [4.69, 9.17) is 4.99 Å². The molecule has 1 aliphatic heterocycles. The molecule has 1 saturated carbocycles. The number of guanidine groups is 1.